The van der Waals surface area contributed by atoms with Crippen LogP contribution in [0.2, 0.25) is 0 Å². The van der Waals surface area contributed by atoms with Gasteiger partial charge in [-0.05, 0) is 6.92 Å². The molecule has 0 spiro atoms. The third-order valence-electron chi connectivity index (χ3n) is 0.349. The summed E-state index contributed by atoms with van der Waals surface area (Å²) in [6.07, 6.45) is 0. The molecular weight excluding hydrogens is 226 g/mol. The molecule has 7 nitrogen and oxygen atoms in total. The quantitative estimate of drug-likeness (QED) is 0.321. The van der Waals surface area contributed by atoms with Gasteiger partial charge in [-0.1, -0.05) is 0 Å². The van der Waals surface area contributed by atoms with Crippen molar-refractivity contribution in [2.45, 2.75) is 6.92 Å². The van der Waals surface area contributed by atoms with Crippen molar-refractivity contribution in [3.05, 3.63) is 0 Å². The van der Waals surface area contributed by atoms with E-state index in [1.54, 1.807) is 6.92 Å². The molecule has 0 aliphatic heterocycles. The molecule has 0 aliphatic carbocycles. The van der Waals surface area contributed by atoms with E-state index in [0.29, 0.717) is 0 Å². The van der Waals surface area contributed by atoms with Crippen molar-refractivity contribution in [2.24, 2.45) is 11.5 Å². The van der Waals surface area contributed by atoms with Gasteiger partial charge in [-0.2, -0.15) is 0 Å². The van der Waals surface area contributed by atoms with Gasteiger partial charge in [0.2, 0.25) is 0 Å². The van der Waals surface area contributed by atoms with Crippen molar-refractivity contribution in [1.82, 2.24) is 0 Å². The first-order valence-corrected chi connectivity index (χ1v) is 3.40. The third-order valence-corrected chi connectivity index (χ3v) is 0.349. The second-order valence-corrected chi connectivity index (χ2v) is 1.51. The first kappa shape index (κ1) is 29.7. The predicted octanol–water partition coefficient (Wildman–Crippen LogP) is -3.24. The Morgan fingerprint density at radius 3 is 1.07 bits per heavy atom. The minimum atomic E-state index is -0.968. The van der Waals surface area contributed by atoms with Crippen LogP contribution in [0.1, 0.15) is 6.92 Å². The normalized spacial score (nSPS) is 6.13. The molecule has 0 heterocycles. The molecule has 84 valence electrons. The number of nitrogens with two attached hydrogens (primary N) is 2. The van der Waals surface area contributed by atoms with Gasteiger partial charge in [0.25, 0.3) is 0 Å². The number of aliphatic hydroxyl groups is 1. The summed E-state index contributed by atoms with van der Waals surface area (Å²) in [5.41, 5.74) is 9.14. The van der Waals surface area contributed by atoms with E-state index in [9.17, 15) is 9.59 Å². The zero-order chi connectivity index (χ0) is 11.3. The van der Waals surface area contributed by atoms with E-state index in [1.807, 2.05) is 0 Å². The second kappa shape index (κ2) is 29.4. The first-order chi connectivity index (χ1) is 5.95. The van der Waals surface area contributed by atoms with E-state index in [4.69, 9.17) is 15.3 Å². The molecule has 0 amide bonds. The van der Waals surface area contributed by atoms with Crippen LogP contribution in [0.4, 0.5) is 0 Å². The standard InChI is InChI=1S/2C2H5NO2.C2H6O.2Na.2H/c2*3-1-2(4)5;1-2-3;;;;/h2*1,3H2,(H,4,5);3H,2H2,1H3;;;;. The summed E-state index contributed by atoms with van der Waals surface area (Å²) in [5, 5.41) is 22.8. The molecule has 0 aliphatic rings. The zero-order valence-corrected chi connectivity index (χ0v) is 7.43. The number of carboxylic acid groups (broad SMARTS) is 2. The predicted molar refractivity (Wildman–Crippen MR) is 60.4 cm³/mol. The molecule has 0 aromatic carbocycles. The molecule has 15 heavy (non-hydrogen) atoms. The maximum absolute atomic E-state index is 9.24. The molecule has 0 bridgehead atoms. The van der Waals surface area contributed by atoms with E-state index in [0.717, 1.165) is 0 Å². The Bertz CT molecular complexity index is 123. The summed E-state index contributed by atoms with van der Waals surface area (Å²) in [5.74, 6) is -1.94. The summed E-state index contributed by atoms with van der Waals surface area (Å²) in [7, 11) is 0. The molecule has 0 aromatic heterocycles. The number of aliphatic hydroxyl groups excluding tert-OH is 1. The van der Waals surface area contributed by atoms with Gasteiger partial charge in [0.05, 0.1) is 13.1 Å². The maximum atomic E-state index is 9.24. The average Bonchev–Trinajstić information content (AvgIpc) is 2.07. The minimum absolute atomic E-state index is 0. The van der Waals surface area contributed by atoms with Gasteiger partial charge in [-0.25, -0.2) is 0 Å². The number of rotatable bonds is 2. The van der Waals surface area contributed by atoms with Gasteiger partial charge >= 0.3 is 71.1 Å². The fourth-order valence-electron chi connectivity index (χ4n) is 0. The zero-order valence-electron chi connectivity index (χ0n) is 7.43. The molecule has 7 N–H and O–H groups in total. The van der Waals surface area contributed by atoms with E-state index < -0.39 is 11.9 Å². The van der Waals surface area contributed by atoms with Crippen LogP contribution in [0.5, 0.6) is 0 Å². The molecule has 0 aromatic rings. The Morgan fingerprint density at radius 1 is 1.00 bits per heavy atom. The first-order valence-electron chi connectivity index (χ1n) is 3.40. The van der Waals surface area contributed by atoms with E-state index in [-0.39, 0.29) is 78.8 Å². The van der Waals surface area contributed by atoms with Gasteiger partial charge in [0.15, 0.2) is 0 Å². The van der Waals surface area contributed by atoms with E-state index >= 15 is 0 Å². The van der Waals surface area contributed by atoms with Crippen LogP contribution in [-0.2, 0) is 9.59 Å². The molecule has 0 saturated heterocycles. The molecule has 0 radical (unpaired) electrons. The monoisotopic (exact) mass is 244 g/mol. The van der Waals surface area contributed by atoms with Crippen LogP contribution < -0.4 is 11.5 Å². The van der Waals surface area contributed by atoms with Crippen LogP contribution >= 0.6 is 0 Å². The molecule has 9 heteroatoms. The summed E-state index contributed by atoms with van der Waals surface area (Å²) >= 11 is 0. The number of aliphatic carboxylic acids is 2. The Kier molecular flexibility index (Phi) is 58.1. The summed E-state index contributed by atoms with van der Waals surface area (Å²) < 4.78 is 0. The number of hydrogen-bond acceptors (Lipinski definition) is 5. The topological polar surface area (TPSA) is 147 Å². The fraction of sp³-hybridized carbons (Fsp3) is 0.667. The molecule has 0 saturated carbocycles. The van der Waals surface area contributed by atoms with Crippen molar-refractivity contribution in [3.8, 4) is 0 Å². The van der Waals surface area contributed by atoms with Crippen molar-refractivity contribution in [3.63, 3.8) is 0 Å². The van der Waals surface area contributed by atoms with Gasteiger partial charge < -0.3 is 26.8 Å². The van der Waals surface area contributed by atoms with Crippen molar-refractivity contribution in [2.75, 3.05) is 19.7 Å². The van der Waals surface area contributed by atoms with Crippen LogP contribution in [0.25, 0.3) is 0 Å². The number of hydrogen-bond donors (Lipinski definition) is 5. The average molecular weight is 244 g/mol. The van der Waals surface area contributed by atoms with Crippen LogP contribution in [-0.4, -0.2) is 106 Å². The van der Waals surface area contributed by atoms with Crippen molar-refractivity contribution in [1.29, 1.82) is 0 Å². The van der Waals surface area contributed by atoms with Gasteiger partial charge in [0, 0.05) is 6.61 Å². The molecule has 0 fully saturated rings. The van der Waals surface area contributed by atoms with Crippen LogP contribution in [0.15, 0.2) is 0 Å². The summed E-state index contributed by atoms with van der Waals surface area (Å²) in [4.78, 5) is 18.5. The van der Waals surface area contributed by atoms with Gasteiger partial charge in [-0.3, -0.25) is 9.59 Å². The fourth-order valence-corrected chi connectivity index (χ4v) is 0. The summed E-state index contributed by atoms with van der Waals surface area (Å²) in [6, 6.07) is 0. The van der Waals surface area contributed by atoms with Gasteiger partial charge in [-0.15, -0.1) is 0 Å². The van der Waals surface area contributed by atoms with Gasteiger partial charge in [0.1, 0.15) is 0 Å². The molecular formula is C6H18N2Na2O5. The second-order valence-electron chi connectivity index (χ2n) is 1.51. The Morgan fingerprint density at radius 2 is 1.07 bits per heavy atom. The molecule has 0 rings (SSSR count). The van der Waals surface area contributed by atoms with E-state index in [2.05, 4.69) is 11.5 Å². The van der Waals surface area contributed by atoms with Crippen molar-refractivity contribution < 1.29 is 24.9 Å². The Balaban J connectivity index is -0.0000000322. The van der Waals surface area contributed by atoms with E-state index in [1.165, 1.54) is 0 Å². The van der Waals surface area contributed by atoms with Crippen LogP contribution in [0, 0.1) is 0 Å². The molecule has 0 unspecified atom stereocenters. The Labute approximate surface area is 133 Å². The summed E-state index contributed by atoms with van der Waals surface area (Å²) in [6.45, 7) is 1.37. The third kappa shape index (κ3) is 105. The Hall–Kier alpha value is 0.820. The molecule has 0 atom stereocenters. The van der Waals surface area contributed by atoms with Crippen LogP contribution in [0.3, 0.4) is 0 Å². The number of carboxylic acids is 2. The SMILES string of the molecule is CCO.NCC(=O)O.NCC(=O)O.[NaH].[NaH]. The van der Waals surface area contributed by atoms with Crippen molar-refractivity contribution >= 4 is 71.1 Å². The number of carbonyl (C=O) groups is 2.